The van der Waals surface area contributed by atoms with Crippen LogP contribution in [0, 0.1) is 11.8 Å². The van der Waals surface area contributed by atoms with Crippen molar-refractivity contribution >= 4 is 51.2 Å². The number of carbonyl (C=O) groups excluding carboxylic acids is 4. The number of aliphatic hydroxyl groups is 4. The Kier molecular flexibility index (Phi) is 7.37. The Morgan fingerprint density at radius 1 is 1.19 bits per heavy atom. The predicted octanol–water partition coefficient (Wildman–Crippen LogP) is 1.48. The van der Waals surface area contributed by atoms with E-state index < -0.39 is 87.4 Å². The number of thiophene rings is 1. The molecule has 3 aliphatic rings. The van der Waals surface area contributed by atoms with Crippen molar-refractivity contribution < 1.29 is 49.4 Å². The van der Waals surface area contributed by atoms with Gasteiger partial charge in [-0.1, -0.05) is 13.0 Å². The van der Waals surface area contributed by atoms with Crippen molar-refractivity contribution in [2.45, 2.75) is 37.5 Å². The van der Waals surface area contributed by atoms with Crippen LogP contribution in [0.15, 0.2) is 40.5 Å². The number of aromatic hydroxyl groups is 1. The van der Waals surface area contributed by atoms with Crippen LogP contribution in [0.4, 0.5) is 10.7 Å². The number of phenolic OH excluding ortho intramolecular Hbond substituents is 1. The van der Waals surface area contributed by atoms with Crippen LogP contribution in [0.25, 0.3) is 5.76 Å². The summed E-state index contributed by atoms with van der Waals surface area (Å²) in [5.41, 5.74) is 1.51. The molecule has 8 N–H and O–H groups in total. The number of nitrogens with one attached hydrogen (secondary N) is 1. The van der Waals surface area contributed by atoms with E-state index in [2.05, 4.69) is 5.32 Å². The number of Topliss-reactive ketones (excluding diaryl/α,β-unsaturated/α-hetero) is 2. The number of phenols is 1. The molecule has 0 bridgehead atoms. The fraction of sp³-hybridized carbons (Fsp3) is 0.379. The minimum atomic E-state index is -2.99. The van der Waals surface area contributed by atoms with Gasteiger partial charge < -0.3 is 41.3 Å². The number of amides is 1. The zero-order valence-electron chi connectivity index (χ0n) is 23.6. The van der Waals surface area contributed by atoms with Crippen LogP contribution in [0.1, 0.15) is 41.3 Å². The van der Waals surface area contributed by atoms with Crippen molar-refractivity contribution in [1.29, 1.82) is 0 Å². The predicted molar refractivity (Wildman–Crippen MR) is 154 cm³/mol. The van der Waals surface area contributed by atoms with E-state index in [1.54, 1.807) is 25.3 Å². The Hall–Kier alpha value is -4.24. The molecule has 3 aliphatic carbocycles. The number of rotatable bonds is 6. The Morgan fingerprint density at radius 2 is 1.86 bits per heavy atom. The van der Waals surface area contributed by atoms with E-state index in [0.29, 0.717) is 16.1 Å². The number of fused-ring (bicyclic) bond motifs is 3. The maximum absolute atomic E-state index is 14.1. The molecular weight excluding hydrogens is 582 g/mol. The quantitative estimate of drug-likeness (QED) is 0.140. The highest BCUT2D eigenvalue weighted by molar-refractivity contribution is 7.14. The first-order valence-electron chi connectivity index (χ1n) is 13.4. The molecule has 13 nitrogen and oxygen atoms in total. The van der Waals surface area contributed by atoms with E-state index in [1.807, 2.05) is 0 Å². The van der Waals surface area contributed by atoms with E-state index in [1.165, 1.54) is 31.1 Å². The van der Waals surface area contributed by atoms with Crippen LogP contribution in [0.5, 0.6) is 5.75 Å². The summed E-state index contributed by atoms with van der Waals surface area (Å²) in [5, 5.41) is 62.2. The third kappa shape index (κ3) is 4.24. The minimum Gasteiger partial charge on any atom is -0.508 e. The van der Waals surface area contributed by atoms with Gasteiger partial charge in [0.15, 0.2) is 11.4 Å². The topological polar surface area (TPSA) is 220 Å². The molecule has 6 atom stereocenters. The molecule has 0 spiro atoms. The molecule has 0 saturated heterocycles. The first-order valence-corrected chi connectivity index (χ1v) is 14.3. The van der Waals surface area contributed by atoms with Crippen LogP contribution in [0.2, 0.25) is 0 Å². The van der Waals surface area contributed by atoms with Gasteiger partial charge in [-0.25, -0.2) is 4.79 Å². The number of nitrogens with zero attached hydrogens (tertiary/aromatic N) is 1. The number of nitrogens with two attached hydrogens (primary N) is 1. The normalized spacial score (nSPS) is 28.4. The van der Waals surface area contributed by atoms with Crippen molar-refractivity contribution in [3.8, 4) is 5.75 Å². The van der Waals surface area contributed by atoms with Gasteiger partial charge in [0.1, 0.15) is 22.8 Å². The second kappa shape index (κ2) is 10.5. The van der Waals surface area contributed by atoms with Crippen molar-refractivity contribution in [2.75, 3.05) is 26.0 Å². The van der Waals surface area contributed by atoms with Crippen molar-refractivity contribution in [1.82, 2.24) is 4.90 Å². The maximum atomic E-state index is 14.1. The molecule has 14 heteroatoms. The van der Waals surface area contributed by atoms with Crippen LogP contribution < -0.4 is 11.1 Å². The summed E-state index contributed by atoms with van der Waals surface area (Å²) in [7, 11) is 2.89. The number of likely N-dealkylation sites (N-methyl/N-ethyl adjacent to an activating group) is 1. The summed E-state index contributed by atoms with van der Waals surface area (Å²) in [4.78, 5) is 52.9. The summed E-state index contributed by atoms with van der Waals surface area (Å²) < 4.78 is 4.99. The first kappa shape index (κ1) is 30.2. The van der Waals surface area contributed by atoms with Crippen molar-refractivity contribution in [3.05, 3.63) is 57.2 Å². The van der Waals surface area contributed by atoms with Gasteiger partial charge in [-0.3, -0.25) is 19.3 Å². The average Bonchev–Trinajstić information content (AvgIpc) is 3.40. The fourth-order valence-corrected chi connectivity index (χ4v) is 7.36. The largest absolute Gasteiger partial charge is 0.508 e. The zero-order chi connectivity index (χ0) is 31.7. The van der Waals surface area contributed by atoms with Gasteiger partial charge >= 0.3 is 5.97 Å². The Labute approximate surface area is 249 Å². The van der Waals surface area contributed by atoms with Gasteiger partial charge in [0, 0.05) is 16.9 Å². The summed E-state index contributed by atoms with van der Waals surface area (Å²) in [6, 6.07) is 3.21. The molecule has 1 saturated carbocycles. The summed E-state index contributed by atoms with van der Waals surface area (Å²) in [6.45, 7) is 3.52. The molecule has 1 fully saturated rings. The Balaban J connectivity index is 1.65. The number of ketones is 2. The summed E-state index contributed by atoms with van der Waals surface area (Å²) in [5.74, 6) is -10.1. The molecular formula is C29H31N3O10S. The van der Waals surface area contributed by atoms with E-state index in [9.17, 15) is 44.7 Å². The lowest BCUT2D eigenvalue weighted by Gasteiger charge is -2.53. The molecule has 43 heavy (non-hydrogen) atoms. The third-order valence-corrected chi connectivity index (χ3v) is 9.34. The molecule has 1 amide bonds. The second-order valence-corrected chi connectivity index (χ2v) is 11.9. The molecule has 0 unspecified atom stereocenters. The number of aliphatic hydroxyl groups excluding tert-OH is 3. The lowest BCUT2D eigenvalue weighted by molar-refractivity contribution is -0.169. The van der Waals surface area contributed by atoms with Crippen LogP contribution in [-0.2, 0) is 19.1 Å². The van der Waals surface area contributed by atoms with E-state index in [-0.39, 0.29) is 17.9 Å². The van der Waals surface area contributed by atoms with Gasteiger partial charge in [0.25, 0.3) is 5.91 Å². The number of hydrogen-bond donors (Lipinski definition) is 7. The van der Waals surface area contributed by atoms with Crippen LogP contribution >= 0.6 is 11.3 Å². The monoisotopic (exact) mass is 613 g/mol. The molecule has 5 rings (SSSR count). The number of primary amides is 1. The van der Waals surface area contributed by atoms with E-state index in [4.69, 9.17) is 10.5 Å². The van der Waals surface area contributed by atoms with Crippen LogP contribution in [-0.4, -0.2) is 92.3 Å². The molecule has 0 radical (unpaired) electrons. The SMILES string of the molecule is CCOC(=O)c1csc(Nc2ccc3c(c2O)C(O)=C2C(=O)[C@]4(O)C(O)=C(C(N)=O)C(=O)[C@@H](N(C)C)[C@@H]4[C@@H](O)[C@@H]2[C@H]3C)c1. The van der Waals surface area contributed by atoms with Crippen molar-refractivity contribution in [2.24, 2.45) is 17.6 Å². The first-order chi connectivity index (χ1) is 20.2. The number of ether oxygens (including phenoxy) is 1. The number of esters is 1. The molecule has 1 aromatic heterocycles. The molecule has 228 valence electrons. The van der Waals surface area contributed by atoms with Gasteiger partial charge in [0.05, 0.1) is 46.5 Å². The van der Waals surface area contributed by atoms with Gasteiger partial charge in [-0.15, -0.1) is 11.3 Å². The summed E-state index contributed by atoms with van der Waals surface area (Å²) in [6.07, 6.45) is -1.68. The van der Waals surface area contributed by atoms with Crippen molar-refractivity contribution in [3.63, 3.8) is 0 Å². The minimum absolute atomic E-state index is 0.115. The molecule has 2 aromatic rings. The Bertz CT molecular complexity index is 1640. The highest BCUT2D eigenvalue weighted by Crippen LogP contribution is 2.56. The second-order valence-electron chi connectivity index (χ2n) is 11.0. The standard InChI is InChI=1S/C29H31N3O10S/c1-5-42-28(40)11-8-14(43-9-11)31-13-7-6-12-10(2)15-17(22(34)16(12)21(13)33)25(37)29(41)19(23(15)35)20(32(3)4)24(36)18(26(29)38)27(30)39/h6-10,15,19-20,23,31,33-35,38,41H,5H2,1-4H3,(H2,30,39)/t10-,15+,19+,20-,23-,29-/m0/s1. The highest BCUT2D eigenvalue weighted by Gasteiger charge is 2.68. The van der Waals surface area contributed by atoms with Crippen LogP contribution in [0.3, 0.4) is 0 Å². The number of anilines is 2. The third-order valence-electron chi connectivity index (χ3n) is 8.50. The molecule has 1 heterocycles. The smallest absolute Gasteiger partial charge is 0.339 e. The Morgan fingerprint density at radius 3 is 2.47 bits per heavy atom. The van der Waals surface area contributed by atoms with Gasteiger partial charge in [-0.2, -0.15) is 0 Å². The average molecular weight is 614 g/mol. The number of benzene rings is 1. The van der Waals surface area contributed by atoms with Gasteiger partial charge in [0.2, 0.25) is 5.78 Å². The maximum Gasteiger partial charge on any atom is 0.339 e. The number of hydrogen-bond acceptors (Lipinski definition) is 13. The fourth-order valence-electron chi connectivity index (χ4n) is 6.57. The highest BCUT2D eigenvalue weighted by atomic mass is 32.1. The lowest BCUT2D eigenvalue weighted by atomic mass is 9.54. The molecule has 1 aromatic carbocycles. The zero-order valence-corrected chi connectivity index (χ0v) is 24.4. The van der Waals surface area contributed by atoms with Gasteiger partial charge in [-0.05, 0) is 44.6 Å². The van der Waals surface area contributed by atoms with E-state index in [0.717, 1.165) is 11.3 Å². The molecule has 0 aliphatic heterocycles. The van der Waals surface area contributed by atoms with E-state index >= 15 is 0 Å². The summed E-state index contributed by atoms with van der Waals surface area (Å²) >= 11 is 1.16. The number of carbonyl (C=O) groups is 4. The lowest BCUT2D eigenvalue weighted by Crippen LogP contribution is -2.70.